The molecule has 1 heterocycles. The molecule has 1 aromatic carbocycles. The van der Waals surface area contributed by atoms with Gasteiger partial charge >= 0.3 is 0 Å². The van der Waals surface area contributed by atoms with Gasteiger partial charge in [-0.1, -0.05) is 13.3 Å². The number of tetrazole rings is 1. The monoisotopic (exact) mass is 254 g/mol. The highest BCUT2D eigenvalue weighted by atomic mass is 19.2. The molecule has 1 aromatic heterocycles. The van der Waals surface area contributed by atoms with Crippen molar-refractivity contribution in [1.82, 2.24) is 20.6 Å². The summed E-state index contributed by atoms with van der Waals surface area (Å²) in [6, 6.07) is 3.36. The highest BCUT2D eigenvalue weighted by molar-refractivity contribution is 5.60. The molecule has 18 heavy (non-hydrogen) atoms. The van der Waals surface area contributed by atoms with E-state index in [-0.39, 0.29) is 23.4 Å². The Morgan fingerprint density at radius 1 is 1.44 bits per heavy atom. The highest BCUT2D eigenvalue weighted by Gasteiger charge is 2.31. The number of hydrogen-bond donors (Lipinski definition) is 2. The predicted molar refractivity (Wildman–Crippen MR) is 59.5 cm³/mol. The first-order valence-electron chi connectivity index (χ1n) is 5.50. The van der Waals surface area contributed by atoms with Gasteiger partial charge in [-0.05, 0) is 28.6 Å². The zero-order valence-electron chi connectivity index (χ0n) is 9.69. The van der Waals surface area contributed by atoms with Crippen LogP contribution in [0.25, 0.3) is 11.4 Å². The SMILES string of the molecule is CCCC(O)(F)c1ccc(F)cc1-c1nnn[nH]1. The van der Waals surface area contributed by atoms with Crippen LogP contribution in [0, 0.1) is 5.82 Å². The fourth-order valence-electron chi connectivity index (χ4n) is 1.79. The number of aliphatic hydroxyl groups is 1. The molecule has 7 heteroatoms. The van der Waals surface area contributed by atoms with Crippen LogP contribution in [0.5, 0.6) is 0 Å². The molecular formula is C11H12F2N4O. The van der Waals surface area contributed by atoms with Crippen molar-refractivity contribution in [3.05, 3.63) is 29.6 Å². The van der Waals surface area contributed by atoms with Gasteiger partial charge in [-0.15, -0.1) is 5.10 Å². The van der Waals surface area contributed by atoms with Crippen LogP contribution in [0.4, 0.5) is 8.78 Å². The minimum Gasteiger partial charge on any atom is -0.358 e. The number of nitrogens with one attached hydrogen (secondary N) is 1. The van der Waals surface area contributed by atoms with E-state index in [1.807, 2.05) is 0 Å². The summed E-state index contributed by atoms with van der Waals surface area (Å²) < 4.78 is 27.4. The number of hydrogen-bond acceptors (Lipinski definition) is 4. The average Bonchev–Trinajstić information content (AvgIpc) is 2.81. The number of nitrogens with zero attached hydrogens (tertiary/aromatic N) is 3. The lowest BCUT2D eigenvalue weighted by atomic mass is 9.96. The van der Waals surface area contributed by atoms with E-state index in [0.717, 1.165) is 12.1 Å². The maximum absolute atomic E-state index is 14.2. The number of aromatic amines is 1. The van der Waals surface area contributed by atoms with Crippen molar-refractivity contribution in [1.29, 1.82) is 0 Å². The van der Waals surface area contributed by atoms with Crippen LogP contribution in [-0.4, -0.2) is 25.7 Å². The van der Waals surface area contributed by atoms with E-state index in [2.05, 4.69) is 20.6 Å². The molecular weight excluding hydrogens is 242 g/mol. The Hall–Kier alpha value is -1.89. The molecule has 0 aliphatic rings. The first-order valence-corrected chi connectivity index (χ1v) is 5.50. The first-order chi connectivity index (χ1) is 8.54. The van der Waals surface area contributed by atoms with E-state index in [4.69, 9.17) is 0 Å². The molecule has 2 aromatic rings. The summed E-state index contributed by atoms with van der Waals surface area (Å²) in [5.41, 5.74) is 0.0581. The molecule has 0 spiro atoms. The Kier molecular flexibility index (Phi) is 3.33. The van der Waals surface area contributed by atoms with Crippen LogP contribution in [0.1, 0.15) is 25.3 Å². The van der Waals surface area contributed by atoms with Crippen molar-refractivity contribution in [2.75, 3.05) is 0 Å². The molecule has 0 aliphatic carbocycles. The molecule has 0 saturated carbocycles. The highest BCUT2D eigenvalue weighted by Crippen LogP contribution is 2.34. The van der Waals surface area contributed by atoms with E-state index in [1.54, 1.807) is 6.92 Å². The van der Waals surface area contributed by atoms with E-state index >= 15 is 0 Å². The summed E-state index contributed by atoms with van der Waals surface area (Å²) in [6.07, 6.45) is 0.353. The molecule has 0 bridgehead atoms. The van der Waals surface area contributed by atoms with Crippen LogP contribution in [0.15, 0.2) is 18.2 Å². The summed E-state index contributed by atoms with van der Waals surface area (Å²) in [5, 5.41) is 22.5. The van der Waals surface area contributed by atoms with E-state index < -0.39 is 11.7 Å². The molecule has 96 valence electrons. The average molecular weight is 254 g/mol. The summed E-state index contributed by atoms with van der Waals surface area (Å²) >= 11 is 0. The van der Waals surface area contributed by atoms with Crippen LogP contribution >= 0.6 is 0 Å². The molecule has 2 N–H and O–H groups in total. The molecule has 0 fully saturated rings. The van der Waals surface area contributed by atoms with Crippen LogP contribution in [0.3, 0.4) is 0 Å². The molecule has 0 aliphatic heterocycles. The lowest BCUT2D eigenvalue weighted by molar-refractivity contribution is -0.102. The molecule has 5 nitrogen and oxygen atoms in total. The van der Waals surface area contributed by atoms with Crippen molar-refractivity contribution in [3.63, 3.8) is 0 Å². The van der Waals surface area contributed by atoms with Gasteiger partial charge in [0.15, 0.2) is 5.82 Å². The minimum atomic E-state index is -2.54. The summed E-state index contributed by atoms with van der Waals surface area (Å²) in [6.45, 7) is 1.74. The Morgan fingerprint density at radius 2 is 2.22 bits per heavy atom. The second-order valence-corrected chi connectivity index (χ2v) is 3.95. The quantitative estimate of drug-likeness (QED) is 0.874. The van der Waals surface area contributed by atoms with Gasteiger partial charge in [0.05, 0.1) is 0 Å². The Bertz CT molecular complexity index is 528. The predicted octanol–water partition coefficient (Wildman–Crippen LogP) is 1.92. The van der Waals surface area contributed by atoms with Gasteiger partial charge in [-0.3, -0.25) is 0 Å². The van der Waals surface area contributed by atoms with Crippen molar-refractivity contribution in [3.8, 4) is 11.4 Å². The number of H-pyrrole nitrogens is 1. The van der Waals surface area contributed by atoms with E-state index in [1.165, 1.54) is 6.07 Å². The van der Waals surface area contributed by atoms with Crippen LogP contribution < -0.4 is 0 Å². The zero-order chi connectivity index (χ0) is 13.2. The van der Waals surface area contributed by atoms with Gasteiger partial charge in [-0.2, -0.15) is 0 Å². The molecule has 0 saturated heterocycles. The minimum absolute atomic E-state index is 0.0516. The van der Waals surface area contributed by atoms with Gasteiger partial charge in [-0.25, -0.2) is 13.9 Å². The van der Waals surface area contributed by atoms with Crippen molar-refractivity contribution in [2.24, 2.45) is 0 Å². The maximum Gasteiger partial charge on any atom is 0.233 e. The third-order valence-electron chi connectivity index (χ3n) is 2.58. The molecule has 1 unspecified atom stereocenters. The Balaban J connectivity index is 2.54. The topological polar surface area (TPSA) is 74.7 Å². The fourth-order valence-corrected chi connectivity index (χ4v) is 1.79. The maximum atomic E-state index is 14.2. The zero-order valence-corrected chi connectivity index (χ0v) is 9.69. The van der Waals surface area contributed by atoms with E-state index in [9.17, 15) is 13.9 Å². The lowest BCUT2D eigenvalue weighted by Gasteiger charge is -2.20. The van der Waals surface area contributed by atoms with E-state index in [0.29, 0.717) is 6.42 Å². The smallest absolute Gasteiger partial charge is 0.233 e. The van der Waals surface area contributed by atoms with Crippen LogP contribution in [-0.2, 0) is 5.85 Å². The van der Waals surface area contributed by atoms with Gasteiger partial charge in [0.1, 0.15) is 5.82 Å². The molecule has 2 rings (SSSR count). The number of aromatic nitrogens is 4. The van der Waals surface area contributed by atoms with Gasteiger partial charge < -0.3 is 5.11 Å². The number of alkyl halides is 1. The van der Waals surface area contributed by atoms with Crippen LogP contribution in [0.2, 0.25) is 0 Å². The third kappa shape index (κ3) is 2.35. The summed E-state index contributed by atoms with van der Waals surface area (Å²) in [7, 11) is 0. The molecule has 1 atom stereocenters. The number of halogens is 2. The number of benzene rings is 1. The van der Waals surface area contributed by atoms with Gasteiger partial charge in [0.2, 0.25) is 5.85 Å². The second-order valence-electron chi connectivity index (χ2n) is 3.95. The molecule has 0 amide bonds. The largest absolute Gasteiger partial charge is 0.358 e. The number of rotatable bonds is 4. The van der Waals surface area contributed by atoms with Gasteiger partial charge in [0.25, 0.3) is 0 Å². The Labute approximate surface area is 102 Å². The lowest BCUT2D eigenvalue weighted by Crippen LogP contribution is -2.20. The van der Waals surface area contributed by atoms with Crippen molar-refractivity contribution in [2.45, 2.75) is 25.6 Å². The van der Waals surface area contributed by atoms with Crippen molar-refractivity contribution >= 4 is 0 Å². The summed E-state index contributed by atoms with van der Waals surface area (Å²) in [4.78, 5) is 0. The van der Waals surface area contributed by atoms with Gasteiger partial charge in [0, 0.05) is 17.5 Å². The summed E-state index contributed by atoms with van der Waals surface area (Å²) in [5.74, 6) is -2.99. The Morgan fingerprint density at radius 3 is 2.83 bits per heavy atom. The first kappa shape index (κ1) is 12.6. The fraction of sp³-hybridized carbons (Fsp3) is 0.364. The molecule has 0 radical (unpaired) electrons. The van der Waals surface area contributed by atoms with Crippen molar-refractivity contribution < 1.29 is 13.9 Å². The third-order valence-corrected chi connectivity index (χ3v) is 2.58. The standard InChI is InChI=1S/C11H12F2N4O/c1-2-5-11(13,18)9-4-3-7(12)6-8(9)10-14-16-17-15-10/h3-4,6,18H,2,5H2,1H3,(H,14,15,16,17). The normalized spacial score (nSPS) is 14.4. The second kappa shape index (κ2) is 4.77.